The number of hydrogen-bond acceptors (Lipinski definition) is 2. The molecule has 0 fully saturated rings. The molecule has 0 heterocycles. The molecular weight excluding hydrogens is 220 g/mol. The molecule has 0 aliphatic carbocycles. The summed E-state index contributed by atoms with van der Waals surface area (Å²) >= 11 is 0. The quantitative estimate of drug-likeness (QED) is 0.795. The summed E-state index contributed by atoms with van der Waals surface area (Å²) in [6.07, 6.45) is 0. The Morgan fingerprint density at radius 3 is 2.50 bits per heavy atom. The lowest BCUT2D eigenvalue weighted by atomic mass is 9.92. The molecule has 0 radical (unpaired) electrons. The van der Waals surface area contributed by atoms with Crippen molar-refractivity contribution in [1.29, 1.82) is 0 Å². The van der Waals surface area contributed by atoms with Crippen LogP contribution in [0.15, 0.2) is 24.3 Å². The monoisotopic (exact) mass is 248 g/mol. The number of nitrogens with zero attached hydrogens (tertiary/aromatic N) is 1. The maximum Gasteiger partial charge on any atom is 0.0368 e. The molecule has 0 aliphatic rings. The third kappa shape index (κ3) is 4.69. The second-order valence-electron chi connectivity index (χ2n) is 5.80. The van der Waals surface area contributed by atoms with Gasteiger partial charge in [0.1, 0.15) is 0 Å². The van der Waals surface area contributed by atoms with Gasteiger partial charge in [0.15, 0.2) is 0 Å². The van der Waals surface area contributed by atoms with Gasteiger partial charge < -0.3 is 10.2 Å². The molecule has 1 aromatic rings. The van der Waals surface area contributed by atoms with Crippen molar-refractivity contribution in [3.63, 3.8) is 0 Å². The van der Waals surface area contributed by atoms with E-state index in [0.29, 0.717) is 0 Å². The molecular formula is C16H28N2. The van der Waals surface area contributed by atoms with E-state index in [1.165, 1.54) is 11.3 Å². The van der Waals surface area contributed by atoms with Crippen LogP contribution in [0.5, 0.6) is 0 Å². The first-order chi connectivity index (χ1) is 8.48. The van der Waals surface area contributed by atoms with E-state index in [-0.39, 0.29) is 5.41 Å². The average Bonchev–Trinajstić information content (AvgIpc) is 2.33. The van der Waals surface area contributed by atoms with Crippen LogP contribution in [0.25, 0.3) is 0 Å². The average molecular weight is 248 g/mol. The smallest absolute Gasteiger partial charge is 0.0368 e. The summed E-state index contributed by atoms with van der Waals surface area (Å²) in [7, 11) is 0. The van der Waals surface area contributed by atoms with Gasteiger partial charge in [-0.2, -0.15) is 0 Å². The van der Waals surface area contributed by atoms with Crippen molar-refractivity contribution >= 4 is 5.69 Å². The van der Waals surface area contributed by atoms with Crippen molar-refractivity contribution in [3.8, 4) is 0 Å². The minimum Gasteiger partial charge on any atom is -0.371 e. The minimum absolute atomic E-state index is 0.287. The molecule has 0 atom stereocenters. The summed E-state index contributed by atoms with van der Waals surface area (Å²) in [4.78, 5) is 2.46. The molecule has 0 bridgehead atoms. The van der Waals surface area contributed by atoms with Gasteiger partial charge in [-0.1, -0.05) is 32.9 Å². The van der Waals surface area contributed by atoms with Gasteiger partial charge in [-0.25, -0.2) is 0 Å². The molecule has 1 N–H and O–H groups in total. The van der Waals surface area contributed by atoms with E-state index in [1.54, 1.807) is 0 Å². The van der Waals surface area contributed by atoms with Crippen molar-refractivity contribution in [2.75, 3.05) is 31.1 Å². The van der Waals surface area contributed by atoms with E-state index in [1.807, 2.05) is 0 Å². The summed E-state index contributed by atoms with van der Waals surface area (Å²) in [5.41, 5.74) is 2.95. The summed E-state index contributed by atoms with van der Waals surface area (Å²) in [6.45, 7) is 15.4. The van der Waals surface area contributed by atoms with Crippen molar-refractivity contribution in [1.82, 2.24) is 5.32 Å². The van der Waals surface area contributed by atoms with Crippen LogP contribution in [-0.4, -0.2) is 26.2 Å². The number of anilines is 1. The van der Waals surface area contributed by atoms with Crippen LogP contribution in [0.2, 0.25) is 0 Å². The predicted molar refractivity (Wildman–Crippen MR) is 81.4 cm³/mol. The van der Waals surface area contributed by atoms with Gasteiger partial charge in [0.05, 0.1) is 0 Å². The Balaban J connectivity index is 2.72. The van der Waals surface area contributed by atoms with E-state index in [2.05, 4.69) is 69.1 Å². The summed E-state index contributed by atoms with van der Waals surface area (Å²) < 4.78 is 0. The second kappa shape index (κ2) is 6.79. The first-order valence-electron chi connectivity index (χ1n) is 7.01. The normalized spacial score (nSPS) is 11.6. The Bertz CT molecular complexity index is 358. The Morgan fingerprint density at radius 1 is 1.22 bits per heavy atom. The Hall–Kier alpha value is -1.02. The van der Waals surface area contributed by atoms with Gasteiger partial charge in [0.25, 0.3) is 0 Å². The molecule has 102 valence electrons. The topological polar surface area (TPSA) is 15.3 Å². The fourth-order valence-corrected chi connectivity index (χ4v) is 2.25. The maximum atomic E-state index is 3.45. The summed E-state index contributed by atoms with van der Waals surface area (Å²) in [5, 5.41) is 3.45. The second-order valence-corrected chi connectivity index (χ2v) is 5.80. The van der Waals surface area contributed by atoms with Gasteiger partial charge >= 0.3 is 0 Å². The molecule has 2 nitrogen and oxygen atoms in total. The standard InChI is InChI=1S/C16H28N2/c1-6-17-12-16(4,5)13-18(7-2)15-10-8-9-14(3)11-15/h8-11,17H,6-7,12-13H2,1-5H3. The third-order valence-electron chi connectivity index (χ3n) is 3.22. The largest absolute Gasteiger partial charge is 0.371 e. The molecule has 0 spiro atoms. The van der Waals surface area contributed by atoms with Gasteiger partial charge in [0, 0.05) is 25.3 Å². The minimum atomic E-state index is 0.287. The fraction of sp³-hybridized carbons (Fsp3) is 0.625. The van der Waals surface area contributed by atoms with Crippen LogP contribution < -0.4 is 10.2 Å². The molecule has 1 rings (SSSR count). The first kappa shape index (κ1) is 15.0. The van der Waals surface area contributed by atoms with E-state index in [9.17, 15) is 0 Å². The predicted octanol–water partition coefficient (Wildman–Crippen LogP) is 3.46. The van der Waals surface area contributed by atoms with Gasteiger partial charge in [0.2, 0.25) is 0 Å². The zero-order valence-electron chi connectivity index (χ0n) is 12.6. The zero-order valence-corrected chi connectivity index (χ0v) is 12.6. The number of rotatable bonds is 7. The van der Waals surface area contributed by atoms with Crippen LogP contribution in [0.3, 0.4) is 0 Å². The van der Waals surface area contributed by atoms with E-state index in [4.69, 9.17) is 0 Å². The van der Waals surface area contributed by atoms with E-state index >= 15 is 0 Å². The third-order valence-corrected chi connectivity index (χ3v) is 3.22. The van der Waals surface area contributed by atoms with Crippen molar-refractivity contribution in [3.05, 3.63) is 29.8 Å². The van der Waals surface area contributed by atoms with Gasteiger partial charge in [-0.15, -0.1) is 0 Å². The Morgan fingerprint density at radius 2 is 1.94 bits per heavy atom. The van der Waals surface area contributed by atoms with E-state index < -0.39 is 0 Å². The lowest BCUT2D eigenvalue weighted by molar-refractivity contribution is 0.346. The van der Waals surface area contributed by atoms with Crippen molar-refractivity contribution < 1.29 is 0 Å². The first-order valence-corrected chi connectivity index (χ1v) is 7.01. The number of hydrogen-bond donors (Lipinski definition) is 1. The maximum absolute atomic E-state index is 3.45. The fourth-order valence-electron chi connectivity index (χ4n) is 2.25. The molecule has 0 amide bonds. The molecule has 0 unspecified atom stereocenters. The summed E-state index contributed by atoms with van der Waals surface area (Å²) in [6, 6.07) is 8.78. The number of nitrogens with one attached hydrogen (secondary N) is 1. The molecule has 0 saturated heterocycles. The lowest BCUT2D eigenvalue weighted by Gasteiger charge is -2.34. The highest BCUT2D eigenvalue weighted by atomic mass is 15.1. The van der Waals surface area contributed by atoms with Gasteiger partial charge in [-0.3, -0.25) is 0 Å². The SMILES string of the molecule is CCNCC(C)(C)CN(CC)c1cccc(C)c1. The van der Waals surface area contributed by atoms with Crippen molar-refractivity contribution in [2.45, 2.75) is 34.6 Å². The van der Waals surface area contributed by atoms with Crippen LogP contribution in [-0.2, 0) is 0 Å². The molecule has 18 heavy (non-hydrogen) atoms. The Kier molecular flexibility index (Phi) is 5.67. The summed E-state index contributed by atoms with van der Waals surface area (Å²) in [5.74, 6) is 0. The van der Waals surface area contributed by atoms with Crippen molar-refractivity contribution in [2.24, 2.45) is 5.41 Å². The highest BCUT2D eigenvalue weighted by Crippen LogP contribution is 2.22. The lowest BCUT2D eigenvalue weighted by Crippen LogP contribution is -2.40. The van der Waals surface area contributed by atoms with Crippen LogP contribution in [0, 0.1) is 12.3 Å². The van der Waals surface area contributed by atoms with Crippen LogP contribution in [0.4, 0.5) is 5.69 Å². The molecule has 0 saturated carbocycles. The Labute approximate surface area is 112 Å². The molecule has 0 aliphatic heterocycles. The van der Waals surface area contributed by atoms with Crippen LogP contribution in [0.1, 0.15) is 33.3 Å². The highest BCUT2D eigenvalue weighted by molar-refractivity contribution is 5.48. The van der Waals surface area contributed by atoms with E-state index in [0.717, 1.165) is 26.2 Å². The van der Waals surface area contributed by atoms with Gasteiger partial charge in [-0.05, 0) is 43.5 Å². The number of aryl methyl sites for hydroxylation is 1. The molecule has 0 aromatic heterocycles. The zero-order chi connectivity index (χ0) is 13.6. The molecule has 1 aromatic carbocycles. The number of benzene rings is 1. The molecule has 2 heteroatoms. The van der Waals surface area contributed by atoms with Crippen LogP contribution >= 0.6 is 0 Å². The highest BCUT2D eigenvalue weighted by Gasteiger charge is 2.20.